The molecule has 1 aromatic carbocycles. The highest BCUT2D eigenvalue weighted by atomic mass is 16.5. The third kappa shape index (κ3) is 3.22. The van der Waals surface area contributed by atoms with E-state index in [0.29, 0.717) is 6.61 Å². The lowest BCUT2D eigenvalue weighted by Crippen LogP contribution is -2.38. The van der Waals surface area contributed by atoms with Crippen molar-refractivity contribution in [3.05, 3.63) is 29.3 Å². The van der Waals surface area contributed by atoms with Crippen LogP contribution in [0.25, 0.3) is 0 Å². The number of benzene rings is 1. The predicted octanol–water partition coefficient (Wildman–Crippen LogP) is 3.38. The van der Waals surface area contributed by atoms with Gasteiger partial charge in [-0.05, 0) is 43.9 Å². The molecule has 2 rings (SSSR count). The van der Waals surface area contributed by atoms with Crippen LogP contribution < -0.4 is 4.74 Å². The van der Waals surface area contributed by atoms with Crippen LogP contribution in [0.3, 0.4) is 0 Å². The Morgan fingerprint density at radius 3 is 2.59 bits per heavy atom. The first-order valence-corrected chi connectivity index (χ1v) is 6.52. The van der Waals surface area contributed by atoms with E-state index in [-0.39, 0.29) is 0 Å². The molecule has 0 aliphatic heterocycles. The minimum absolute atomic E-state index is 0.428. The average molecular weight is 234 g/mol. The van der Waals surface area contributed by atoms with Gasteiger partial charge in [0, 0.05) is 0 Å². The number of aryl methyl sites for hydroxylation is 2. The van der Waals surface area contributed by atoms with Crippen molar-refractivity contribution in [3.63, 3.8) is 0 Å². The van der Waals surface area contributed by atoms with Gasteiger partial charge in [0.25, 0.3) is 0 Å². The Morgan fingerprint density at radius 2 is 1.88 bits per heavy atom. The van der Waals surface area contributed by atoms with Crippen LogP contribution in [-0.2, 0) is 0 Å². The van der Waals surface area contributed by atoms with Gasteiger partial charge in [-0.1, -0.05) is 31.4 Å². The summed E-state index contributed by atoms with van der Waals surface area (Å²) < 4.78 is 5.81. The van der Waals surface area contributed by atoms with E-state index in [1.807, 2.05) is 13.0 Å². The van der Waals surface area contributed by atoms with Gasteiger partial charge < -0.3 is 9.84 Å². The highest BCUT2D eigenvalue weighted by molar-refractivity contribution is 5.36. The summed E-state index contributed by atoms with van der Waals surface area (Å²) in [5.74, 6) is 0.906. The molecule has 0 saturated heterocycles. The van der Waals surface area contributed by atoms with Crippen molar-refractivity contribution < 1.29 is 9.84 Å². The molecule has 0 aromatic heterocycles. The van der Waals surface area contributed by atoms with Crippen molar-refractivity contribution in [2.75, 3.05) is 6.61 Å². The van der Waals surface area contributed by atoms with Crippen LogP contribution >= 0.6 is 0 Å². The van der Waals surface area contributed by atoms with E-state index in [9.17, 15) is 5.11 Å². The summed E-state index contributed by atoms with van der Waals surface area (Å²) in [5, 5.41) is 10.4. The van der Waals surface area contributed by atoms with Crippen molar-refractivity contribution in [1.82, 2.24) is 0 Å². The van der Waals surface area contributed by atoms with Gasteiger partial charge in [0.2, 0.25) is 0 Å². The Labute approximate surface area is 104 Å². The molecule has 0 heterocycles. The summed E-state index contributed by atoms with van der Waals surface area (Å²) in [7, 11) is 0. The van der Waals surface area contributed by atoms with E-state index >= 15 is 0 Å². The lowest BCUT2D eigenvalue weighted by molar-refractivity contribution is -0.0340. The topological polar surface area (TPSA) is 29.5 Å². The molecule has 0 amide bonds. The fourth-order valence-electron chi connectivity index (χ4n) is 2.43. The molecule has 0 atom stereocenters. The molecule has 1 aromatic rings. The summed E-state index contributed by atoms with van der Waals surface area (Å²) in [6.07, 6.45) is 5.22. The van der Waals surface area contributed by atoms with Gasteiger partial charge in [0.05, 0.1) is 5.60 Å². The van der Waals surface area contributed by atoms with Crippen LogP contribution in [0.15, 0.2) is 18.2 Å². The Morgan fingerprint density at radius 1 is 1.18 bits per heavy atom. The molecule has 0 spiro atoms. The summed E-state index contributed by atoms with van der Waals surface area (Å²) in [6.45, 7) is 4.53. The van der Waals surface area contributed by atoms with Gasteiger partial charge in [0.15, 0.2) is 0 Å². The molecule has 0 bridgehead atoms. The first kappa shape index (κ1) is 12.4. The first-order valence-electron chi connectivity index (χ1n) is 6.52. The van der Waals surface area contributed by atoms with Gasteiger partial charge in [0.1, 0.15) is 12.4 Å². The van der Waals surface area contributed by atoms with Crippen LogP contribution in [0, 0.1) is 13.8 Å². The molecule has 0 radical (unpaired) electrons. The lowest BCUT2D eigenvalue weighted by atomic mass is 9.85. The van der Waals surface area contributed by atoms with Crippen LogP contribution in [-0.4, -0.2) is 17.3 Å². The fourth-order valence-corrected chi connectivity index (χ4v) is 2.43. The molecule has 1 aliphatic carbocycles. The smallest absolute Gasteiger partial charge is 0.122 e. The van der Waals surface area contributed by atoms with Crippen molar-refractivity contribution in [1.29, 1.82) is 0 Å². The third-order valence-electron chi connectivity index (χ3n) is 3.62. The van der Waals surface area contributed by atoms with E-state index < -0.39 is 5.60 Å². The van der Waals surface area contributed by atoms with Crippen molar-refractivity contribution in [3.8, 4) is 5.75 Å². The third-order valence-corrected chi connectivity index (χ3v) is 3.62. The maximum Gasteiger partial charge on any atom is 0.122 e. The minimum atomic E-state index is -0.603. The molecule has 1 saturated carbocycles. The van der Waals surface area contributed by atoms with E-state index in [4.69, 9.17) is 4.74 Å². The van der Waals surface area contributed by atoms with E-state index in [1.54, 1.807) is 0 Å². The van der Waals surface area contributed by atoms with Crippen molar-refractivity contribution >= 4 is 0 Å². The van der Waals surface area contributed by atoms with E-state index in [1.165, 1.54) is 12.0 Å². The van der Waals surface area contributed by atoms with Gasteiger partial charge in [-0.2, -0.15) is 0 Å². The molecular formula is C15H22O2. The van der Waals surface area contributed by atoms with Gasteiger partial charge in [-0.3, -0.25) is 0 Å². The van der Waals surface area contributed by atoms with Crippen LogP contribution in [0.5, 0.6) is 5.75 Å². The SMILES string of the molecule is Cc1ccc(C)c(OCC2(O)CCCCC2)c1. The van der Waals surface area contributed by atoms with Crippen LogP contribution in [0.2, 0.25) is 0 Å². The Balaban J connectivity index is 1.99. The number of rotatable bonds is 3. The maximum atomic E-state index is 10.4. The normalized spacial score (nSPS) is 19.0. The highest BCUT2D eigenvalue weighted by Crippen LogP contribution is 2.29. The Kier molecular flexibility index (Phi) is 3.72. The van der Waals surface area contributed by atoms with Crippen molar-refractivity contribution in [2.45, 2.75) is 51.6 Å². The number of hydrogen-bond donors (Lipinski definition) is 1. The second-order valence-electron chi connectivity index (χ2n) is 5.34. The number of ether oxygens (including phenoxy) is 1. The summed E-state index contributed by atoms with van der Waals surface area (Å²) in [6, 6.07) is 6.19. The zero-order valence-corrected chi connectivity index (χ0v) is 10.8. The second kappa shape index (κ2) is 5.09. The fraction of sp³-hybridized carbons (Fsp3) is 0.600. The first-order chi connectivity index (χ1) is 8.09. The van der Waals surface area contributed by atoms with E-state index in [0.717, 1.165) is 37.0 Å². The molecular weight excluding hydrogens is 212 g/mol. The quantitative estimate of drug-likeness (QED) is 0.868. The highest BCUT2D eigenvalue weighted by Gasteiger charge is 2.30. The van der Waals surface area contributed by atoms with Crippen LogP contribution in [0.1, 0.15) is 43.2 Å². The molecule has 1 N–H and O–H groups in total. The molecule has 1 fully saturated rings. The predicted molar refractivity (Wildman–Crippen MR) is 69.4 cm³/mol. The lowest BCUT2D eigenvalue weighted by Gasteiger charge is -2.31. The molecule has 2 nitrogen and oxygen atoms in total. The average Bonchev–Trinajstić information content (AvgIpc) is 2.31. The summed E-state index contributed by atoms with van der Waals surface area (Å²) in [4.78, 5) is 0. The van der Waals surface area contributed by atoms with Gasteiger partial charge in [-0.15, -0.1) is 0 Å². The number of aliphatic hydroxyl groups is 1. The molecule has 1 aliphatic rings. The largest absolute Gasteiger partial charge is 0.490 e. The zero-order chi connectivity index (χ0) is 12.3. The Hall–Kier alpha value is -1.02. The maximum absolute atomic E-state index is 10.4. The standard InChI is InChI=1S/C15H22O2/c1-12-6-7-13(2)14(10-12)17-11-15(16)8-4-3-5-9-15/h6-7,10,16H,3-5,8-9,11H2,1-2H3. The monoisotopic (exact) mass is 234 g/mol. The summed E-state index contributed by atoms with van der Waals surface area (Å²) in [5.41, 5.74) is 1.73. The Bertz CT molecular complexity index is 379. The molecule has 0 unspecified atom stereocenters. The van der Waals surface area contributed by atoms with Crippen molar-refractivity contribution in [2.24, 2.45) is 0 Å². The second-order valence-corrected chi connectivity index (χ2v) is 5.34. The molecule has 17 heavy (non-hydrogen) atoms. The molecule has 94 valence electrons. The van der Waals surface area contributed by atoms with Gasteiger partial charge in [-0.25, -0.2) is 0 Å². The minimum Gasteiger partial charge on any atom is -0.490 e. The molecule has 2 heteroatoms. The van der Waals surface area contributed by atoms with Gasteiger partial charge >= 0.3 is 0 Å². The summed E-state index contributed by atoms with van der Waals surface area (Å²) >= 11 is 0. The van der Waals surface area contributed by atoms with Crippen LogP contribution in [0.4, 0.5) is 0 Å². The van der Waals surface area contributed by atoms with E-state index in [2.05, 4.69) is 19.1 Å². The zero-order valence-electron chi connectivity index (χ0n) is 10.8. The number of hydrogen-bond acceptors (Lipinski definition) is 2.